The number of rotatable bonds is 5. The molecule has 20 heavy (non-hydrogen) atoms. The van der Waals surface area contributed by atoms with Crippen LogP contribution < -0.4 is 5.32 Å². The summed E-state index contributed by atoms with van der Waals surface area (Å²) in [6, 6.07) is 8.98. The molecule has 0 aliphatic carbocycles. The summed E-state index contributed by atoms with van der Waals surface area (Å²) >= 11 is 0. The van der Waals surface area contributed by atoms with E-state index in [-0.39, 0.29) is 5.91 Å². The molecule has 1 rings (SSSR count). The lowest BCUT2D eigenvalue weighted by atomic mass is 10.1. The first kappa shape index (κ1) is 15.8. The zero-order chi connectivity index (χ0) is 14.8. The van der Waals surface area contributed by atoms with Gasteiger partial charge in [0.05, 0.1) is 6.61 Å². The number of carbonyl (C=O) groups excluding carboxylic acids is 2. The van der Waals surface area contributed by atoms with Crippen LogP contribution in [-0.2, 0) is 14.3 Å². The van der Waals surface area contributed by atoms with E-state index in [9.17, 15) is 9.59 Å². The molecule has 0 aliphatic rings. The Kier molecular flexibility index (Phi) is 6.91. The second kappa shape index (κ2) is 8.76. The van der Waals surface area contributed by atoms with Gasteiger partial charge in [0.2, 0.25) is 5.91 Å². The molecule has 0 heterocycles. The van der Waals surface area contributed by atoms with Gasteiger partial charge in [-0.2, -0.15) is 0 Å². The summed E-state index contributed by atoms with van der Waals surface area (Å²) < 4.78 is 4.92. The van der Waals surface area contributed by atoms with Gasteiger partial charge in [-0.25, -0.2) is 4.79 Å². The maximum atomic E-state index is 11.7. The Labute approximate surface area is 119 Å². The Hall–Kier alpha value is -2.28. The molecule has 0 aliphatic heterocycles. The smallest absolute Gasteiger partial charge is 0.328 e. The lowest BCUT2D eigenvalue weighted by Crippen LogP contribution is -2.40. The van der Waals surface area contributed by atoms with Crippen molar-refractivity contribution in [3.05, 3.63) is 35.9 Å². The van der Waals surface area contributed by atoms with Crippen molar-refractivity contribution in [1.82, 2.24) is 5.32 Å². The maximum absolute atomic E-state index is 11.7. The summed E-state index contributed by atoms with van der Waals surface area (Å²) in [4.78, 5) is 22.7. The number of carbonyl (C=O) groups is 2. The van der Waals surface area contributed by atoms with Gasteiger partial charge in [0.1, 0.15) is 6.04 Å². The Bertz CT molecular complexity index is 499. The van der Waals surface area contributed by atoms with Crippen LogP contribution in [-0.4, -0.2) is 24.5 Å². The van der Waals surface area contributed by atoms with Gasteiger partial charge in [0.25, 0.3) is 0 Å². The fourth-order valence-electron chi connectivity index (χ4n) is 1.64. The van der Waals surface area contributed by atoms with Crippen molar-refractivity contribution in [3.63, 3.8) is 0 Å². The lowest BCUT2D eigenvalue weighted by Gasteiger charge is -2.14. The standard InChI is InChI=1S/C16H19NO3/c1-3-20-16(19)15(17-13(2)18)12-8-7-11-14-9-5-4-6-10-14/h4-6,9-10,15H,3,8,12H2,1-2H3,(H,17,18)/t15-/m0/s1. The SMILES string of the molecule is CCOC(=O)[C@H](CCC#Cc1ccccc1)NC(C)=O. The molecular formula is C16H19NO3. The minimum atomic E-state index is -0.627. The summed E-state index contributed by atoms with van der Waals surface area (Å²) in [5, 5.41) is 2.58. The van der Waals surface area contributed by atoms with Crippen LogP contribution >= 0.6 is 0 Å². The molecule has 0 aromatic heterocycles. The number of benzene rings is 1. The normalized spacial score (nSPS) is 10.9. The minimum absolute atomic E-state index is 0.251. The highest BCUT2D eigenvalue weighted by Crippen LogP contribution is 2.01. The van der Waals surface area contributed by atoms with E-state index in [2.05, 4.69) is 17.2 Å². The van der Waals surface area contributed by atoms with Gasteiger partial charge in [0.15, 0.2) is 0 Å². The predicted molar refractivity (Wildman–Crippen MR) is 76.8 cm³/mol. The van der Waals surface area contributed by atoms with Crippen molar-refractivity contribution in [2.45, 2.75) is 32.7 Å². The first-order chi connectivity index (χ1) is 9.63. The third kappa shape index (κ3) is 6.05. The summed E-state index contributed by atoms with van der Waals surface area (Å²) in [6.07, 6.45) is 0.955. The fourth-order valence-corrected chi connectivity index (χ4v) is 1.64. The van der Waals surface area contributed by atoms with E-state index in [1.807, 2.05) is 30.3 Å². The zero-order valence-corrected chi connectivity index (χ0v) is 11.8. The predicted octanol–water partition coefficient (Wildman–Crippen LogP) is 1.89. The van der Waals surface area contributed by atoms with E-state index in [0.29, 0.717) is 19.4 Å². The molecule has 1 amide bonds. The third-order valence-corrected chi connectivity index (χ3v) is 2.51. The molecule has 0 bridgehead atoms. The Morgan fingerprint density at radius 3 is 2.60 bits per heavy atom. The van der Waals surface area contributed by atoms with Crippen LogP contribution in [0, 0.1) is 11.8 Å². The highest BCUT2D eigenvalue weighted by molar-refractivity contribution is 5.83. The second-order valence-electron chi connectivity index (χ2n) is 4.21. The highest BCUT2D eigenvalue weighted by atomic mass is 16.5. The van der Waals surface area contributed by atoms with E-state index in [4.69, 9.17) is 4.74 Å². The molecule has 0 saturated carbocycles. The van der Waals surface area contributed by atoms with E-state index < -0.39 is 12.0 Å². The maximum Gasteiger partial charge on any atom is 0.328 e. The van der Waals surface area contributed by atoms with Crippen LogP contribution in [0.2, 0.25) is 0 Å². The van der Waals surface area contributed by atoms with Crippen molar-refractivity contribution in [3.8, 4) is 11.8 Å². The summed E-state index contributed by atoms with van der Waals surface area (Å²) in [7, 11) is 0. The average molecular weight is 273 g/mol. The minimum Gasteiger partial charge on any atom is -0.464 e. The molecular weight excluding hydrogens is 254 g/mol. The monoisotopic (exact) mass is 273 g/mol. The quantitative estimate of drug-likeness (QED) is 0.658. The van der Waals surface area contributed by atoms with Crippen LogP contribution in [0.4, 0.5) is 0 Å². The van der Waals surface area contributed by atoms with Crippen LogP contribution in [0.3, 0.4) is 0 Å². The number of nitrogens with one attached hydrogen (secondary N) is 1. The number of hydrogen-bond donors (Lipinski definition) is 1. The lowest BCUT2D eigenvalue weighted by molar-refractivity contribution is -0.147. The van der Waals surface area contributed by atoms with Crippen molar-refractivity contribution < 1.29 is 14.3 Å². The molecule has 0 radical (unpaired) electrons. The van der Waals surface area contributed by atoms with Gasteiger partial charge in [-0.1, -0.05) is 30.0 Å². The van der Waals surface area contributed by atoms with E-state index >= 15 is 0 Å². The number of ether oxygens (including phenoxy) is 1. The second-order valence-corrected chi connectivity index (χ2v) is 4.21. The summed E-state index contributed by atoms with van der Waals surface area (Å²) in [5.74, 6) is 5.34. The Balaban J connectivity index is 2.52. The van der Waals surface area contributed by atoms with Crippen LogP contribution in [0.15, 0.2) is 30.3 Å². The van der Waals surface area contributed by atoms with Crippen LogP contribution in [0.5, 0.6) is 0 Å². The molecule has 0 spiro atoms. The summed E-state index contributed by atoms with van der Waals surface area (Å²) in [6.45, 7) is 3.41. The van der Waals surface area contributed by atoms with Crippen molar-refractivity contribution >= 4 is 11.9 Å². The van der Waals surface area contributed by atoms with Gasteiger partial charge >= 0.3 is 5.97 Å². The molecule has 1 aromatic carbocycles. The van der Waals surface area contributed by atoms with Gasteiger partial charge < -0.3 is 10.1 Å². The van der Waals surface area contributed by atoms with Crippen molar-refractivity contribution in [2.75, 3.05) is 6.61 Å². The molecule has 4 heteroatoms. The first-order valence-corrected chi connectivity index (χ1v) is 6.61. The van der Waals surface area contributed by atoms with Gasteiger partial charge in [-0.05, 0) is 25.5 Å². The molecule has 1 atom stereocenters. The average Bonchev–Trinajstić information content (AvgIpc) is 2.43. The van der Waals surface area contributed by atoms with E-state index in [1.54, 1.807) is 6.92 Å². The zero-order valence-electron chi connectivity index (χ0n) is 11.8. The topological polar surface area (TPSA) is 55.4 Å². The third-order valence-electron chi connectivity index (χ3n) is 2.51. The van der Waals surface area contributed by atoms with E-state index in [0.717, 1.165) is 5.56 Å². The number of esters is 1. The van der Waals surface area contributed by atoms with Crippen molar-refractivity contribution in [1.29, 1.82) is 0 Å². The fraction of sp³-hybridized carbons (Fsp3) is 0.375. The molecule has 4 nitrogen and oxygen atoms in total. The molecule has 106 valence electrons. The highest BCUT2D eigenvalue weighted by Gasteiger charge is 2.19. The van der Waals surface area contributed by atoms with Crippen LogP contribution in [0.25, 0.3) is 0 Å². The molecule has 0 fully saturated rings. The molecule has 1 aromatic rings. The van der Waals surface area contributed by atoms with E-state index in [1.165, 1.54) is 6.92 Å². The van der Waals surface area contributed by atoms with Crippen molar-refractivity contribution in [2.24, 2.45) is 0 Å². The molecule has 0 unspecified atom stereocenters. The number of hydrogen-bond acceptors (Lipinski definition) is 3. The van der Waals surface area contributed by atoms with Crippen LogP contribution in [0.1, 0.15) is 32.3 Å². The molecule has 1 N–H and O–H groups in total. The Morgan fingerprint density at radius 2 is 2.00 bits per heavy atom. The first-order valence-electron chi connectivity index (χ1n) is 6.61. The Morgan fingerprint density at radius 1 is 1.30 bits per heavy atom. The van der Waals surface area contributed by atoms with Gasteiger partial charge in [0, 0.05) is 18.9 Å². The number of amides is 1. The largest absolute Gasteiger partial charge is 0.464 e. The molecule has 0 saturated heterocycles. The summed E-state index contributed by atoms with van der Waals surface area (Å²) in [5.41, 5.74) is 0.930. The van der Waals surface area contributed by atoms with Gasteiger partial charge in [-0.15, -0.1) is 0 Å². The van der Waals surface area contributed by atoms with Gasteiger partial charge in [-0.3, -0.25) is 4.79 Å².